The lowest BCUT2D eigenvalue weighted by molar-refractivity contribution is -0.564. The van der Waals surface area contributed by atoms with Gasteiger partial charge in [-0.05, 0) is 25.0 Å². The van der Waals surface area contributed by atoms with Crippen molar-refractivity contribution in [2.24, 2.45) is 15.7 Å². The second-order valence-corrected chi connectivity index (χ2v) is 12.0. The first kappa shape index (κ1) is 28.4. The van der Waals surface area contributed by atoms with Crippen LogP contribution in [0.3, 0.4) is 0 Å². The van der Waals surface area contributed by atoms with Gasteiger partial charge in [0.05, 0.1) is 5.56 Å². The molecule has 0 bridgehead atoms. The number of nitro groups is 1. The Hall–Kier alpha value is -4.18. The van der Waals surface area contributed by atoms with Crippen molar-refractivity contribution in [3.05, 3.63) is 81.7 Å². The SMILES string of the molecule is CS(=O)(=O)C1(N)N=CN=C(N2CCC(c3nc(-c4cccc(C(F)(F)F)c4)no3)CC2)C1(c1ccccc1)[N+](=O)[O-]. The minimum Gasteiger partial charge on any atom is -0.353 e. The molecule has 0 saturated carbocycles. The molecule has 2 aliphatic heterocycles. The van der Waals surface area contributed by atoms with Crippen LogP contribution >= 0.6 is 0 Å². The van der Waals surface area contributed by atoms with E-state index in [1.54, 1.807) is 11.0 Å². The summed E-state index contributed by atoms with van der Waals surface area (Å²) < 4.78 is 70.7. The maximum Gasteiger partial charge on any atom is 0.416 e. The van der Waals surface area contributed by atoms with Crippen LogP contribution < -0.4 is 5.73 Å². The minimum absolute atomic E-state index is 0.00101. The molecule has 2 N–H and O–H groups in total. The van der Waals surface area contributed by atoms with E-state index in [0.717, 1.165) is 24.7 Å². The number of aromatic nitrogens is 2. The van der Waals surface area contributed by atoms with Gasteiger partial charge < -0.3 is 9.42 Å². The fraction of sp³-hybridized carbons (Fsp3) is 0.360. The monoisotopic (exact) mass is 591 g/mol. The van der Waals surface area contributed by atoms with Crippen LogP contribution in [-0.2, 0) is 21.6 Å². The van der Waals surface area contributed by atoms with Gasteiger partial charge in [0.25, 0.3) is 4.99 Å². The Morgan fingerprint density at radius 3 is 2.41 bits per heavy atom. The van der Waals surface area contributed by atoms with Crippen LogP contribution in [0.1, 0.15) is 35.8 Å². The van der Waals surface area contributed by atoms with Crippen LogP contribution in [0.4, 0.5) is 13.2 Å². The second kappa shape index (κ2) is 10.0. The van der Waals surface area contributed by atoms with Crippen molar-refractivity contribution in [1.82, 2.24) is 15.0 Å². The average Bonchev–Trinajstić information content (AvgIpc) is 3.43. The summed E-state index contributed by atoms with van der Waals surface area (Å²) in [5.41, 5.74) is 3.07. The van der Waals surface area contributed by atoms with Crippen molar-refractivity contribution in [2.45, 2.75) is 35.5 Å². The summed E-state index contributed by atoms with van der Waals surface area (Å²) in [6.07, 6.45) is -2.12. The maximum atomic E-state index is 13.1. The molecule has 1 aromatic heterocycles. The van der Waals surface area contributed by atoms with Gasteiger partial charge >= 0.3 is 11.7 Å². The lowest BCUT2D eigenvalue weighted by Crippen LogP contribution is -2.72. The summed E-state index contributed by atoms with van der Waals surface area (Å²) >= 11 is 0. The van der Waals surface area contributed by atoms with Crippen LogP contribution in [0.5, 0.6) is 0 Å². The number of hydrogen-bond donors (Lipinski definition) is 1. The van der Waals surface area contributed by atoms with Gasteiger partial charge in [0, 0.05) is 41.3 Å². The van der Waals surface area contributed by atoms with E-state index >= 15 is 0 Å². The molecule has 12 nitrogen and oxygen atoms in total. The molecule has 3 aromatic rings. The van der Waals surface area contributed by atoms with Crippen LogP contribution in [0, 0.1) is 10.1 Å². The predicted molar refractivity (Wildman–Crippen MR) is 141 cm³/mol. The molecule has 216 valence electrons. The van der Waals surface area contributed by atoms with Crippen molar-refractivity contribution in [1.29, 1.82) is 0 Å². The number of alkyl halides is 3. The Bertz CT molecular complexity index is 1640. The fourth-order valence-corrected chi connectivity index (χ4v) is 6.27. The summed E-state index contributed by atoms with van der Waals surface area (Å²) in [5.74, 6) is -0.281. The molecule has 1 fully saturated rings. The van der Waals surface area contributed by atoms with Gasteiger partial charge in [-0.15, -0.1) is 0 Å². The number of likely N-dealkylation sites (tertiary alicyclic amines) is 1. The smallest absolute Gasteiger partial charge is 0.353 e. The number of aliphatic imine (C=N–C) groups is 2. The fourth-order valence-electron chi connectivity index (χ4n) is 5.22. The van der Waals surface area contributed by atoms with Gasteiger partial charge in [0.2, 0.25) is 11.7 Å². The van der Waals surface area contributed by atoms with Gasteiger partial charge in [0.15, 0.2) is 15.7 Å². The molecular weight excluding hydrogens is 567 g/mol. The van der Waals surface area contributed by atoms with E-state index in [9.17, 15) is 31.7 Å². The van der Waals surface area contributed by atoms with Crippen molar-refractivity contribution >= 4 is 22.0 Å². The number of piperidine rings is 1. The summed E-state index contributed by atoms with van der Waals surface area (Å²) in [6, 6.07) is 12.1. The highest BCUT2D eigenvalue weighted by atomic mass is 32.2. The lowest BCUT2D eigenvalue weighted by atomic mass is 9.83. The molecule has 0 spiro atoms. The molecule has 2 unspecified atom stereocenters. The Kier molecular flexibility index (Phi) is 6.93. The van der Waals surface area contributed by atoms with Crippen molar-refractivity contribution in [3.63, 3.8) is 0 Å². The predicted octanol–water partition coefficient (Wildman–Crippen LogP) is 3.20. The summed E-state index contributed by atoms with van der Waals surface area (Å²) in [4.78, 5) is 23.4. The molecule has 1 saturated heterocycles. The van der Waals surface area contributed by atoms with Crippen LogP contribution in [0.15, 0.2) is 69.1 Å². The highest BCUT2D eigenvalue weighted by molar-refractivity contribution is 7.92. The number of halogens is 3. The average molecular weight is 592 g/mol. The highest BCUT2D eigenvalue weighted by Crippen LogP contribution is 2.44. The van der Waals surface area contributed by atoms with E-state index in [0.29, 0.717) is 12.8 Å². The molecule has 5 rings (SSSR count). The molecule has 2 aliphatic rings. The summed E-state index contributed by atoms with van der Waals surface area (Å²) in [7, 11) is -4.36. The topological polar surface area (TPSA) is 170 Å². The third-order valence-electron chi connectivity index (χ3n) is 7.34. The molecule has 2 atom stereocenters. The Morgan fingerprint density at radius 2 is 1.80 bits per heavy atom. The molecule has 16 heteroatoms. The van der Waals surface area contributed by atoms with Gasteiger partial charge in [0.1, 0.15) is 6.34 Å². The number of rotatable bonds is 5. The molecule has 0 radical (unpaired) electrons. The first-order valence-electron chi connectivity index (χ1n) is 12.4. The largest absolute Gasteiger partial charge is 0.416 e. The lowest BCUT2D eigenvalue weighted by Gasteiger charge is -2.44. The quantitative estimate of drug-likeness (QED) is 0.346. The van der Waals surface area contributed by atoms with Gasteiger partial charge in [-0.2, -0.15) is 18.2 Å². The van der Waals surface area contributed by atoms with E-state index < -0.39 is 37.0 Å². The summed E-state index contributed by atoms with van der Waals surface area (Å²) in [6.45, 7) is 0.363. The second-order valence-electron chi connectivity index (χ2n) is 9.80. The van der Waals surface area contributed by atoms with Crippen LogP contribution in [0.25, 0.3) is 11.4 Å². The summed E-state index contributed by atoms with van der Waals surface area (Å²) in [5, 5.41) is 16.7. The minimum atomic E-state index is -4.53. The van der Waals surface area contributed by atoms with E-state index in [-0.39, 0.29) is 47.7 Å². The molecule has 0 amide bonds. The van der Waals surface area contributed by atoms with E-state index in [1.165, 1.54) is 36.4 Å². The zero-order valence-corrected chi connectivity index (χ0v) is 22.3. The van der Waals surface area contributed by atoms with Crippen LogP contribution in [0.2, 0.25) is 0 Å². The molecule has 41 heavy (non-hydrogen) atoms. The number of amidine groups is 1. The first-order chi connectivity index (χ1) is 19.3. The zero-order chi connectivity index (χ0) is 29.6. The Labute approximate surface area is 231 Å². The van der Waals surface area contributed by atoms with E-state index in [2.05, 4.69) is 20.1 Å². The maximum absolute atomic E-state index is 13.1. The third-order valence-corrected chi connectivity index (χ3v) is 8.87. The van der Waals surface area contributed by atoms with E-state index in [1.807, 2.05) is 0 Å². The Balaban J connectivity index is 1.44. The van der Waals surface area contributed by atoms with Crippen LogP contribution in [-0.4, -0.2) is 64.9 Å². The number of nitrogens with zero attached hydrogens (tertiary/aromatic N) is 6. The molecule has 2 aromatic carbocycles. The third kappa shape index (κ3) is 4.65. The number of hydrogen-bond acceptors (Lipinski definition) is 11. The highest BCUT2D eigenvalue weighted by Gasteiger charge is 2.72. The van der Waals surface area contributed by atoms with Crippen molar-refractivity contribution < 1.29 is 31.0 Å². The Morgan fingerprint density at radius 1 is 1.12 bits per heavy atom. The molecule has 0 aliphatic carbocycles. The van der Waals surface area contributed by atoms with Crippen molar-refractivity contribution in [3.8, 4) is 11.4 Å². The number of sulfone groups is 1. The standard InChI is InChI=1S/C25H24F3N7O5S/c1-41(38,39)25(29)23(35(36)37,18-7-3-2-4-8-18)22(30-15-31-25)34-12-10-16(11-13-34)21-32-20(33-40-21)17-6-5-9-19(14-17)24(26,27)28/h2-9,14-16H,10-13,29H2,1H3. The first-order valence-corrected chi connectivity index (χ1v) is 14.2. The zero-order valence-electron chi connectivity index (χ0n) is 21.5. The van der Waals surface area contributed by atoms with Gasteiger partial charge in [-0.1, -0.05) is 47.6 Å². The van der Waals surface area contributed by atoms with Gasteiger partial charge in [-0.3, -0.25) is 15.8 Å². The normalized spacial score (nSPS) is 23.8. The van der Waals surface area contributed by atoms with E-state index in [4.69, 9.17) is 10.3 Å². The molecular formula is C25H24F3N7O5S. The van der Waals surface area contributed by atoms with Crippen molar-refractivity contribution in [2.75, 3.05) is 19.3 Å². The number of nitrogens with two attached hydrogens (primary N) is 1. The van der Waals surface area contributed by atoms with Gasteiger partial charge in [-0.25, -0.2) is 18.4 Å². The number of benzene rings is 2. The molecule has 3 heterocycles.